The van der Waals surface area contributed by atoms with Gasteiger partial charge in [0.05, 0.1) is 18.7 Å². The lowest BCUT2D eigenvalue weighted by molar-refractivity contribution is -0.136. The van der Waals surface area contributed by atoms with Crippen molar-refractivity contribution >= 4 is 11.7 Å². The minimum atomic E-state index is -0.919. The van der Waals surface area contributed by atoms with Crippen molar-refractivity contribution in [3.05, 3.63) is 70.9 Å². The number of aryl methyl sites for hydroxylation is 2. The molecule has 0 unspecified atom stereocenters. The van der Waals surface area contributed by atoms with Crippen LogP contribution in [0.5, 0.6) is 5.88 Å². The lowest BCUT2D eigenvalue weighted by atomic mass is 9.82. The molecule has 7 heteroatoms. The predicted octanol–water partition coefficient (Wildman–Crippen LogP) is 5.77. The number of carboxylic acids is 1. The summed E-state index contributed by atoms with van der Waals surface area (Å²) in [4.78, 5) is 22.6. The van der Waals surface area contributed by atoms with Crippen LogP contribution in [-0.4, -0.2) is 40.7 Å². The second-order valence-electron chi connectivity index (χ2n) is 10.4. The molecule has 4 rings (SSSR count). The summed E-state index contributed by atoms with van der Waals surface area (Å²) in [5.41, 5.74) is 5.92. The molecule has 0 bridgehead atoms. The van der Waals surface area contributed by atoms with Gasteiger partial charge in [-0.25, -0.2) is 9.37 Å². The van der Waals surface area contributed by atoms with Gasteiger partial charge in [-0.15, -0.1) is 0 Å². The number of hydrogen-bond acceptors (Lipinski definition) is 5. The van der Waals surface area contributed by atoms with Crippen LogP contribution in [0.3, 0.4) is 0 Å². The zero-order chi connectivity index (χ0) is 25.9. The number of halogens is 1. The van der Waals surface area contributed by atoms with E-state index in [0.717, 1.165) is 37.2 Å². The van der Waals surface area contributed by atoms with E-state index >= 15 is 4.39 Å². The molecule has 1 aliphatic heterocycles. The monoisotopic (exact) mass is 491 g/mol. The number of ether oxygens (including phenoxy) is 1. The van der Waals surface area contributed by atoms with Crippen LogP contribution in [0.25, 0.3) is 11.1 Å². The van der Waals surface area contributed by atoms with E-state index < -0.39 is 11.8 Å². The molecule has 0 aliphatic carbocycles. The summed E-state index contributed by atoms with van der Waals surface area (Å²) in [6.45, 7) is 10.3. The number of aromatic nitrogens is 2. The van der Waals surface area contributed by atoms with E-state index in [2.05, 4.69) is 34.8 Å². The number of aliphatic carboxylic acids is 1. The van der Waals surface area contributed by atoms with Crippen molar-refractivity contribution in [2.45, 2.75) is 53.4 Å². The van der Waals surface area contributed by atoms with Crippen LogP contribution in [-0.2, 0) is 17.6 Å². The minimum absolute atomic E-state index is 0.0431. The van der Waals surface area contributed by atoms with Crippen LogP contribution in [0.15, 0.2) is 42.7 Å². The Morgan fingerprint density at radius 2 is 1.89 bits per heavy atom. The lowest BCUT2D eigenvalue weighted by Crippen LogP contribution is -2.38. The molecule has 1 saturated heterocycles. The lowest BCUT2D eigenvalue weighted by Gasteiger charge is -2.40. The summed E-state index contributed by atoms with van der Waals surface area (Å²) >= 11 is 0. The molecule has 6 nitrogen and oxygen atoms in total. The van der Waals surface area contributed by atoms with E-state index in [4.69, 9.17) is 4.74 Å². The molecular formula is C29H34FN3O3. The molecule has 36 heavy (non-hydrogen) atoms. The van der Waals surface area contributed by atoms with Crippen LogP contribution in [0, 0.1) is 25.1 Å². The van der Waals surface area contributed by atoms with E-state index in [1.54, 1.807) is 12.4 Å². The molecule has 0 atom stereocenters. The number of nitrogens with zero attached hydrogens (tertiary/aromatic N) is 3. The molecule has 3 heterocycles. The van der Waals surface area contributed by atoms with Gasteiger partial charge in [0.2, 0.25) is 5.88 Å². The van der Waals surface area contributed by atoms with Crippen molar-refractivity contribution in [2.75, 3.05) is 24.6 Å². The summed E-state index contributed by atoms with van der Waals surface area (Å²) in [6, 6.07) is 9.53. The Kier molecular flexibility index (Phi) is 7.57. The molecular weight excluding hydrogens is 457 g/mol. The maximum Gasteiger partial charge on any atom is 0.307 e. The first-order valence-electron chi connectivity index (χ1n) is 12.4. The fraction of sp³-hybridized carbons (Fsp3) is 0.414. The van der Waals surface area contributed by atoms with E-state index in [9.17, 15) is 9.90 Å². The number of benzene rings is 1. The Morgan fingerprint density at radius 1 is 1.14 bits per heavy atom. The van der Waals surface area contributed by atoms with Gasteiger partial charge in [-0.05, 0) is 43.7 Å². The van der Waals surface area contributed by atoms with Gasteiger partial charge >= 0.3 is 5.97 Å². The van der Waals surface area contributed by atoms with E-state index in [1.165, 1.54) is 11.6 Å². The number of piperidine rings is 1. The van der Waals surface area contributed by atoms with Gasteiger partial charge < -0.3 is 14.7 Å². The Labute approximate surface area is 212 Å². The fourth-order valence-corrected chi connectivity index (χ4v) is 4.72. The number of rotatable bonds is 8. The number of hydrogen-bond donors (Lipinski definition) is 1. The summed E-state index contributed by atoms with van der Waals surface area (Å²) in [5.74, 6) is -1.52. The first kappa shape index (κ1) is 25.6. The van der Waals surface area contributed by atoms with Crippen molar-refractivity contribution in [2.24, 2.45) is 5.41 Å². The van der Waals surface area contributed by atoms with Gasteiger partial charge in [-0.3, -0.25) is 9.78 Å². The fourth-order valence-electron chi connectivity index (χ4n) is 4.72. The highest BCUT2D eigenvalue weighted by molar-refractivity contribution is 5.84. The van der Waals surface area contributed by atoms with Gasteiger partial charge in [-0.1, -0.05) is 43.7 Å². The third-order valence-electron chi connectivity index (χ3n) is 6.96. The predicted molar refractivity (Wildman–Crippen MR) is 139 cm³/mol. The van der Waals surface area contributed by atoms with Gasteiger partial charge in [-0.2, -0.15) is 0 Å². The standard InChI is InChI=1S/C29H34FN3O3/c1-19-6-5-7-21(14-19)8-13-36-28-25(30)15-22(17-32-28)24-18-31-20(2)23(16-26(34)35)27(24)33-11-9-29(3,4)10-12-33/h5-7,14-15,17-18H,8-13,16H2,1-4H3,(H,34,35). The number of pyridine rings is 2. The highest BCUT2D eigenvalue weighted by Gasteiger charge is 2.29. The number of carboxylic acid groups (broad SMARTS) is 1. The molecule has 0 spiro atoms. The summed E-state index contributed by atoms with van der Waals surface area (Å²) in [7, 11) is 0. The Balaban J connectivity index is 1.61. The van der Waals surface area contributed by atoms with Crippen LogP contribution in [0.2, 0.25) is 0 Å². The highest BCUT2D eigenvalue weighted by Crippen LogP contribution is 2.40. The summed E-state index contributed by atoms with van der Waals surface area (Å²) in [6.07, 6.45) is 5.77. The van der Waals surface area contributed by atoms with Gasteiger partial charge in [0.15, 0.2) is 5.82 Å². The van der Waals surface area contributed by atoms with Crippen LogP contribution in [0.4, 0.5) is 10.1 Å². The molecule has 0 amide bonds. The van der Waals surface area contributed by atoms with Gasteiger partial charge in [0, 0.05) is 54.3 Å². The Morgan fingerprint density at radius 3 is 2.56 bits per heavy atom. The Bertz CT molecular complexity index is 1250. The van der Waals surface area contributed by atoms with Crippen molar-refractivity contribution in [3.63, 3.8) is 0 Å². The number of anilines is 1. The molecule has 3 aromatic rings. The normalized spacial score (nSPS) is 15.1. The summed E-state index contributed by atoms with van der Waals surface area (Å²) in [5, 5.41) is 9.58. The first-order chi connectivity index (χ1) is 17.1. The van der Waals surface area contributed by atoms with Crippen LogP contribution >= 0.6 is 0 Å². The molecule has 190 valence electrons. The van der Waals surface area contributed by atoms with Crippen LogP contribution < -0.4 is 9.64 Å². The van der Waals surface area contributed by atoms with E-state index in [1.807, 2.05) is 32.0 Å². The van der Waals surface area contributed by atoms with Crippen molar-refractivity contribution in [1.29, 1.82) is 0 Å². The summed E-state index contributed by atoms with van der Waals surface area (Å²) < 4.78 is 20.7. The quantitative estimate of drug-likeness (QED) is 0.431. The largest absolute Gasteiger partial charge is 0.481 e. The van der Waals surface area contributed by atoms with Crippen LogP contribution in [0.1, 0.15) is 49.1 Å². The maximum atomic E-state index is 15.1. The molecule has 1 aromatic carbocycles. The molecule has 1 N–H and O–H groups in total. The van der Waals surface area contributed by atoms with E-state index in [0.29, 0.717) is 35.4 Å². The van der Waals surface area contributed by atoms with Gasteiger partial charge in [0.1, 0.15) is 0 Å². The molecule has 1 aliphatic rings. The SMILES string of the molecule is Cc1cccc(CCOc2ncc(-c3cnc(C)c(CC(=O)O)c3N3CCC(C)(C)CC3)cc2F)c1. The molecule has 2 aromatic heterocycles. The maximum absolute atomic E-state index is 15.1. The van der Waals surface area contributed by atoms with Crippen molar-refractivity contribution in [1.82, 2.24) is 9.97 Å². The average molecular weight is 492 g/mol. The third-order valence-corrected chi connectivity index (χ3v) is 6.96. The zero-order valence-corrected chi connectivity index (χ0v) is 21.5. The van der Waals surface area contributed by atoms with E-state index in [-0.39, 0.29) is 17.7 Å². The number of carbonyl (C=O) groups is 1. The molecule has 1 fully saturated rings. The average Bonchev–Trinajstić information content (AvgIpc) is 2.81. The minimum Gasteiger partial charge on any atom is -0.481 e. The first-order valence-corrected chi connectivity index (χ1v) is 12.4. The molecule has 0 radical (unpaired) electrons. The highest BCUT2D eigenvalue weighted by atomic mass is 19.1. The third kappa shape index (κ3) is 6.01. The topological polar surface area (TPSA) is 75.5 Å². The molecule has 0 saturated carbocycles. The second-order valence-corrected chi connectivity index (χ2v) is 10.4. The second kappa shape index (κ2) is 10.6. The zero-order valence-electron chi connectivity index (χ0n) is 21.5. The van der Waals surface area contributed by atoms with Gasteiger partial charge in [0.25, 0.3) is 0 Å². The Hall–Kier alpha value is -3.48. The van der Waals surface area contributed by atoms with Crippen molar-refractivity contribution < 1.29 is 19.0 Å². The van der Waals surface area contributed by atoms with Crippen molar-refractivity contribution in [3.8, 4) is 17.0 Å². The smallest absolute Gasteiger partial charge is 0.307 e.